The Morgan fingerprint density at radius 1 is 0.397 bits per heavy atom. The predicted molar refractivity (Wildman–Crippen MR) is 297 cm³/mol. The molecule has 0 rings (SSSR count). The molecule has 2 unspecified atom stereocenters. The molecule has 0 aromatic heterocycles. The van der Waals surface area contributed by atoms with Gasteiger partial charge in [-0.1, -0.05) is 302 Å². The maximum Gasteiger partial charge on any atom is 0.305 e. The number of carbonyl (C=O) groups excluding carboxylic acids is 2. The van der Waals surface area contributed by atoms with Crippen molar-refractivity contribution in [1.82, 2.24) is 5.32 Å². The Kier molecular flexibility index (Phi) is 57.0. The van der Waals surface area contributed by atoms with Crippen LogP contribution >= 0.6 is 0 Å². The van der Waals surface area contributed by atoms with Gasteiger partial charge in [-0.15, -0.1) is 0 Å². The average molecular weight is 961 g/mol. The molecule has 68 heavy (non-hydrogen) atoms. The van der Waals surface area contributed by atoms with Gasteiger partial charge >= 0.3 is 5.97 Å². The van der Waals surface area contributed by atoms with E-state index in [4.69, 9.17) is 4.74 Å². The van der Waals surface area contributed by atoms with Crippen LogP contribution in [0.25, 0.3) is 0 Å². The van der Waals surface area contributed by atoms with E-state index in [1.807, 2.05) is 0 Å². The summed E-state index contributed by atoms with van der Waals surface area (Å²) in [6, 6.07) is -0.540. The van der Waals surface area contributed by atoms with E-state index < -0.39 is 12.1 Å². The second kappa shape index (κ2) is 58.2. The van der Waals surface area contributed by atoms with Crippen LogP contribution in [0.1, 0.15) is 348 Å². The van der Waals surface area contributed by atoms with Crippen LogP contribution in [0, 0.1) is 0 Å². The predicted octanol–water partition coefficient (Wildman–Crippen LogP) is 19.2. The van der Waals surface area contributed by atoms with Crippen molar-refractivity contribution < 1.29 is 24.5 Å². The molecule has 0 aliphatic rings. The standard InChI is InChI=1S/C62H121NO5/c1-3-5-7-9-11-13-15-16-17-25-28-31-35-38-42-46-50-54-60(65)59(58-64)63-61(66)55-51-47-43-39-36-32-29-26-23-21-19-18-20-22-24-27-30-33-37-41-45-49-53-57-68-62(67)56-52-48-44-40-34-14-12-10-8-6-4-2/h10,12,59-60,64-65H,3-9,11,13-58H2,1-2H3,(H,63,66)/b12-10-. The molecule has 0 aliphatic heterocycles. The molecule has 0 saturated heterocycles. The third kappa shape index (κ3) is 53.9. The molecule has 0 fully saturated rings. The van der Waals surface area contributed by atoms with Gasteiger partial charge in [0.1, 0.15) is 0 Å². The van der Waals surface area contributed by atoms with Crippen LogP contribution in [0.15, 0.2) is 12.2 Å². The fourth-order valence-corrected chi connectivity index (χ4v) is 9.80. The Balaban J connectivity index is 3.37. The third-order valence-corrected chi connectivity index (χ3v) is 14.6. The zero-order chi connectivity index (χ0) is 49.3. The van der Waals surface area contributed by atoms with Crippen LogP contribution < -0.4 is 5.32 Å². The van der Waals surface area contributed by atoms with Crippen LogP contribution in [0.4, 0.5) is 0 Å². The summed E-state index contributed by atoms with van der Waals surface area (Å²) in [5.41, 5.74) is 0. The quantitative estimate of drug-likeness (QED) is 0.0321. The minimum absolute atomic E-state index is 0.00392. The number of unbranched alkanes of at least 4 members (excludes halogenated alkanes) is 45. The minimum atomic E-state index is -0.663. The molecule has 0 aromatic carbocycles. The summed E-state index contributed by atoms with van der Waals surface area (Å²) in [4.78, 5) is 24.5. The SMILES string of the molecule is CCCC/C=C\CCCCCCCC(=O)OCCCCCCCCCCCCCCCCCCCCCCCCCC(=O)NC(CO)C(O)CCCCCCCCCCCCCCCCCCC. The van der Waals surface area contributed by atoms with Gasteiger partial charge in [0.05, 0.1) is 25.4 Å². The molecule has 6 nitrogen and oxygen atoms in total. The van der Waals surface area contributed by atoms with Crippen molar-refractivity contribution >= 4 is 11.9 Å². The third-order valence-electron chi connectivity index (χ3n) is 14.6. The zero-order valence-electron chi connectivity index (χ0n) is 46.1. The Morgan fingerprint density at radius 2 is 0.706 bits per heavy atom. The lowest BCUT2D eigenvalue weighted by Gasteiger charge is -2.22. The first-order valence-corrected chi connectivity index (χ1v) is 30.9. The number of aliphatic hydroxyl groups is 2. The Morgan fingerprint density at radius 3 is 1.09 bits per heavy atom. The van der Waals surface area contributed by atoms with Gasteiger partial charge in [-0.25, -0.2) is 0 Å². The Hall–Kier alpha value is -1.40. The van der Waals surface area contributed by atoms with Crippen molar-refractivity contribution in [2.24, 2.45) is 0 Å². The van der Waals surface area contributed by atoms with E-state index in [-0.39, 0.29) is 18.5 Å². The lowest BCUT2D eigenvalue weighted by molar-refractivity contribution is -0.143. The first-order valence-electron chi connectivity index (χ1n) is 30.9. The number of nitrogens with one attached hydrogen (secondary N) is 1. The number of esters is 1. The number of hydrogen-bond donors (Lipinski definition) is 3. The lowest BCUT2D eigenvalue weighted by atomic mass is 10.0. The van der Waals surface area contributed by atoms with Crippen LogP contribution in [-0.4, -0.2) is 47.4 Å². The van der Waals surface area contributed by atoms with E-state index in [1.165, 1.54) is 270 Å². The molecular weight excluding hydrogens is 839 g/mol. The molecule has 3 N–H and O–H groups in total. The molecule has 2 atom stereocenters. The van der Waals surface area contributed by atoms with Crippen molar-refractivity contribution in [2.75, 3.05) is 13.2 Å². The van der Waals surface area contributed by atoms with Crippen LogP contribution in [-0.2, 0) is 14.3 Å². The molecule has 0 radical (unpaired) electrons. The fraction of sp³-hybridized carbons (Fsp3) is 0.935. The average Bonchev–Trinajstić information content (AvgIpc) is 3.34. The van der Waals surface area contributed by atoms with Gasteiger partial charge in [-0.05, 0) is 44.9 Å². The number of aliphatic hydroxyl groups excluding tert-OH is 2. The van der Waals surface area contributed by atoms with Gasteiger partial charge < -0.3 is 20.3 Å². The number of rotatable bonds is 58. The topological polar surface area (TPSA) is 95.9 Å². The van der Waals surface area contributed by atoms with Gasteiger partial charge in [0, 0.05) is 12.8 Å². The Bertz CT molecular complexity index is 1020. The van der Waals surface area contributed by atoms with E-state index >= 15 is 0 Å². The van der Waals surface area contributed by atoms with E-state index in [9.17, 15) is 19.8 Å². The van der Waals surface area contributed by atoms with E-state index in [0.29, 0.717) is 25.9 Å². The van der Waals surface area contributed by atoms with E-state index in [0.717, 1.165) is 44.9 Å². The first-order chi connectivity index (χ1) is 33.5. The van der Waals surface area contributed by atoms with Gasteiger partial charge in [0.15, 0.2) is 0 Å². The summed E-state index contributed by atoms with van der Waals surface area (Å²) in [6.45, 7) is 4.94. The number of amides is 1. The Labute approximate surface area is 425 Å². The maximum absolute atomic E-state index is 12.5. The van der Waals surface area contributed by atoms with Crippen LogP contribution in [0.2, 0.25) is 0 Å². The van der Waals surface area contributed by atoms with Crippen molar-refractivity contribution in [2.45, 2.75) is 360 Å². The van der Waals surface area contributed by atoms with Gasteiger partial charge in [-0.3, -0.25) is 9.59 Å². The van der Waals surface area contributed by atoms with Crippen LogP contribution in [0.5, 0.6) is 0 Å². The monoisotopic (exact) mass is 960 g/mol. The van der Waals surface area contributed by atoms with Gasteiger partial charge in [-0.2, -0.15) is 0 Å². The van der Waals surface area contributed by atoms with Gasteiger partial charge in [0.25, 0.3) is 0 Å². The smallest absolute Gasteiger partial charge is 0.305 e. The number of allylic oxidation sites excluding steroid dienone is 2. The highest BCUT2D eigenvalue weighted by atomic mass is 16.5. The molecule has 6 heteroatoms. The molecule has 0 aromatic rings. The zero-order valence-corrected chi connectivity index (χ0v) is 46.1. The molecule has 0 aliphatic carbocycles. The van der Waals surface area contributed by atoms with Crippen molar-refractivity contribution in [3.05, 3.63) is 12.2 Å². The summed E-state index contributed by atoms with van der Waals surface area (Å²) in [5.74, 6) is -0.0275. The number of carbonyl (C=O) groups is 2. The van der Waals surface area contributed by atoms with E-state index in [1.54, 1.807) is 0 Å². The normalized spacial score (nSPS) is 12.6. The lowest BCUT2D eigenvalue weighted by Crippen LogP contribution is -2.45. The molecule has 404 valence electrons. The summed E-state index contributed by atoms with van der Waals surface area (Å²) in [7, 11) is 0. The summed E-state index contributed by atoms with van der Waals surface area (Å²) in [5, 5.41) is 23.3. The second-order valence-electron chi connectivity index (χ2n) is 21.4. The molecule has 0 spiro atoms. The fourth-order valence-electron chi connectivity index (χ4n) is 9.80. The van der Waals surface area contributed by atoms with Crippen molar-refractivity contribution in [1.29, 1.82) is 0 Å². The highest BCUT2D eigenvalue weighted by molar-refractivity contribution is 5.76. The van der Waals surface area contributed by atoms with Gasteiger partial charge in [0.2, 0.25) is 5.91 Å². The van der Waals surface area contributed by atoms with Crippen LogP contribution in [0.3, 0.4) is 0 Å². The first kappa shape index (κ1) is 66.6. The largest absolute Gasteiger partial charge is 0.466 e. The molecular formula is C62H121NO5. The van der Waals surface area contributed by atoms with Crippen molar-refractivity contribution in [3.8, 4) is 0 Å². The highest BCUT2D eigenvalue weighted by Gasteiger charge is 2.20. The molecule has 0 saturated carbocycles. The molecule has 1 amide bonds. The molecule has 0 heterocycles. The van der Waals surface area contributed by atoms with E-state index in [2.05, 4.69) is 31.3 Å². The number of hydrogen-bond acceptors (Lipinski definition) is 5. The minimum Gasteiger partial charge on any atom is -0.466 e. The molecule has 0 bridgehead atoms. The van der Waals surface area contributed by atoms with Crippen molar-refractivity contribution in [3.63, 3.8) is 0 Å². The highest BCUT2D eigenvalue weighted by Crippen LogP contribution is 2.18. The number of ether oxygens (including phenoxy) is 1. The second-order valence-corrected chi connectivity index (χ2v) is 21.4. The summed E-state index contributed by atoms with van der Waals surface area (Å²) in [6.07, 6.45) is 69.3. The summed E-state index contributed by atoms with van der Waals surface area (Å²) < 4.78 is 5.46. The summed E-state index contributed by atoms with van der Waals surface area (Å²) >= 11 is 0. The maximum atomic E-state index is 12.5.